The van der Waals surface area contributed by atoms with Gasteiger partial charge in [0.2, 0.25) is 17.7 Å². The summed E-state index contributed by atoms with van der Waals surface area (Å²) in [6.45, 7) is 3.54. The normalized spacial score (nSPS) is 13.8. The molecule has 0 saturated heterocycles. The Morgan fingerprint density at radius 2 is 1.17 bits per heavy atom. The van der Waals surface area contributed by atoms with Gasteiger partial charge in [0, 0.05) is 36.4 Å². The Morgan fingerprint density at radius 1 is 0.696 bits per heavy atom. The number of carboxylic acid groups (broad SMARTS) is 1. The van der Waals surface area contributed by atoms with Gasteiger partial charge in [0.1, 0.15) is 29.6 Å². The lowest BCUT2D eigenvalue weighted by Crippen LogP contribution is -2.58. The molecule has 1 aromatic heterocycles. The molecule has 12 nitrogen and oxygen atoms in total. The van der Waals surface area contributed by atoms with Crippen LogP contribution < -0.4 is 21.7 Å². The SMILES string of the molecule is CC(C)C(N)C(=O)NC(Cc1ccc(O)cc1)C(=O)NC(Cc1ccc(O)cc1)C(=O)NC(Cc1c[nH]c2ccccc12)C(=O)O. The summed E-state index contributed by atoms with van der Waals surface area (Å²) in [7, 11) is 0. The Bertz CT molecular complexity index is 1670. The molecule has 0 aliphatic heterocycles. The van der Waals surface area contributed by atoms with E-state index in [0.29, 0.717) is 16.7 Å². The van der Waals surface area contributed by atoms with Gasteiger partial charge in [-0.1, -0.05) is 56.3 Å². The average Bonchev–Trinajstić information content (AvgIpc) is 3.44. The number of amides is 3. The van der Waals surface area contributed by atoms with E-state index in [1.165, 1.54) is 24.3 Å². The van der Waals surface area contributed by atoms with Crippen molar-refractivity contribution in [3.8, 4) is 11.5 Å². The van der Waals surface area contributed by atoms with Gasteiger partial charge in [-0.3, -0.25) is 14.4 Å². The third-order valence-corrected chi connectivity index (χ3v) is 7.75. The number of hydrogen-bond donors (Lipinski definition) is 8. The lowest BCUT2D eigenvalue weighted by Gasteiger charge is -2.26. The van der Waals surface area contributed by atoms with Crippen molar-refractivity contribution in [2.75, 3.05) is 0 Å². The maximum Gasteiger partial charge on any atom is 0.326 e. The molecular weight excluding hydrogens is 590 g/mol. The lowest BCUT2D eigenvalue weighted by atomic mass is 10.00. The number of nitrogens with one attached hydrogen (secondary N) is 4. The molecule has 0 aliphatic carbocycles. The minimum Gasteiger partial charge on any atom is -0.508 e. The summed E-state index contributed by atoms with van der Waals surface area (Å²) >= 11 is 0. The quantitative estimate of drug-likeness (QED) is 0.103. The van der Waals surface area contributed by atoms with Crippen molar-refractivity contribution >= 4 is 34.6 Å². The number of carbonyl (C=O) groups excluding carboxylic acids is 3. The van der Waals surface area contributed by atoms with Crippen molar-refractivity contribution in [2.45, 2.75) is 57.3 Å². The monoisotopic (exact) mass is 629 g/mol. The van der Waals surface area contributed by atoms with Crippen molar-refractivity contribution < 1.29 is 34.5 Å². The van der Waals surface area contributed by atoms with Gasteiger partial charge in [-0.25, -0.2) is 4.79 Å². The number of aromatic hydroxyl groups is 2. The number of phenols is 2. The number of nitrogens with two attached hydrogens (primary N) is 1. The van der Waals surface area contributed by atoms with Gasteiger partial charge in [-0.2, -0.15) is 0 Å². The number of aromatic amines is 1. The van der Waals surface area contributed by atoms with Crippen LogP contribution in [-0.4, -0.2) is 68.2 Å². The van der Waals surface area contributed by atoms with E-state index in [0.717, 1.165) is 10.9 Å². The molecule has 0 radical (unpaired) electrons. The molecule has 4 unspecified atom stereocenters. The predicted octanol–water partition coefficient (Wildman–Crippen LogP) is 2.13. The van der Waals surface area contributed by atoms with Crippen LogP contribution in [0, 0.1) is 5.92 Å². The number of carboxylic acids is 1. The van der Waals surface area contributed by atoms with E-state index in [1.807, 2.05) is 24.3 Å². The molecular formula is C34H39N5O7. The standard InChI is InChI=1S/C34H39N5O7/c1-19(2)30(35)33(44)38-28(16-21-9-13-24(41)14-10-21)31(42)37-27(15-20-7-11-23(40)12-8-20)32(43)39-29(34(45)46)17-22-18-36-26-6-4-3-5-25(22)26/h3-14,18-19,27-30,36,40-41H,15-17,35H2,1-2H3,(H,37,42)(H,38,44)(H,39,43)(H,45,46). The molecule has 46 heavy (non-hydrogen) atoms. The number of aliphatic carboxylic acids is 1. The van der Waals surface area contributed by atoms with E-state index in [2.05, 4.69) is 20.9 Å². The zero-order valence-electron chi connectivity index (χ0n) is 25.6. The van der Waals surface area contributed by atoms with Crippen molar-refractivity contribution in [1.82, 2.24) is 20.9 Å². The van der Waals surface area contributed by atoms with E-state index < -0.39 is 47.9 Å². The van der Waals surface area contributed by atoms with E-state index in [9.17, 15) is 34.5 Å². The number of aromatic nitrogens is 1. The Labute approximate surface area is 266 Å². The number of benzene rings is 3. The minimum atomic E-state index is -1.32. The zero-order chi connectivity index (χ0) is 33.4. The number of rotatable bonds is 14. The second-order valence-electron chi connectivity index (χ2n) is 11.6. The molecule has 0 saturated carbocycles. The number of para-hydroxylation sites is 1. The van der Waals surface area contributed by atoms with Gasteiger partial charge < -0.3 is 42.0 Å². The summed E-state index contributed by atoms with van der Waals surface area (Å²) in [6, 6.07) is 14.9. The van der Waals surface area contributed by atoms with Gasteiger partial charge in [-0.05, 0) is 52.9 Å². The lowest BCUT2D eigenvalue weighted by molar-refractivity contribution is -0.142. The number of fused-ring (bicyclic) bond motifs is 1. The molecule has 12 heteroatoms. The van der Waals surface area contributed by atoms with E-state index in [1.54, 1.807) is 44.3 Å². The largest absolute Gasteiger partial charge is 0.508 e. The van der Waals surface area contributed by atoms with Crippen LogP contribution in [0.5, 0.6) is 11.5 Å². The predicted molar refractivity (Wildman–Crippen MR) is 172 cm³/mol. The molecule has 9 N–H and O–H groups in total. The van der Waals surface area contributed by atoms with Crippen molar-refractivity contribution in [1.29, 1.82) is 0 Å². The Morgan fingerprint density at radius 3 is 1.67 bits per heavy atom. The summed E-state index contributed by atoms with van der Waals surface area (Å²) in [5, 5.41) is 38.2. The Kier molecular flexibility index (Phi) is 11.0. The third-order valence-electron chi connectivity index (χ3n) is 7.75. The van der Waals surface area contributed by atoms with Crippen molar-refractivity contribution in [3.63, 3.8) is 0 Å². The summed E-state index contributed by atoms with van der Waals surface area (Å²) in [6.07, 6.45) is 1.66. The summed E-state index contributed by atoms with van der Waals surface area (Å²) in [4.78, 5) is 55.8. The van der Waals surface area contributed by atoms with Crippen molar-refractivity contribution in [2.24, 2.45) is 11.7 Å². The summed E-state index contributed by atoms with van der Waals surface area (Å²) in [5.41, 5.74) is 8.77. The molecule has 4 atom stereocenters. The number of hydrogen-bond acceptors (Lipinski definition) is 7. The van der Waals surface area contributed by atoms with Crippen LogP contribution in [0.15, 0.2) is 79.0 Å². The molecule has 242 valence electrons. The maximum atomic E-state index is 13.8. The molecule has 3 aromatic carbocycles. The molecule has 0 spiro atoms. The van der Waals surface area contributed by atoms with Crippen LogP contribution in [0.4, 0.5) is 0 Å². The van der Waals surface area contributed by atoms with E-state index in [-0.39, 0.29) is 36.7 Å². The molecule has 1 heterocycles. The topological polar surface area (TPSA) is 207 Å². The number of phenolic OH excluding ortho intramolecular Hbond substituents is 2. The molecule has 3 amide bonds. The fraction of sp³-hybridized carbons (Fsp3) is 0.294. The minimum absolute atomic E-state index is 0.0108. The van der Waals surface area contributed by atoms with Crippen LogP contribution in [0.2, 0.25) is 0 Å². The van der Waals surface area contributed by atoms with Gasteiger partial charge in [-0.15, -0.1) is 0 Å². The van der Waals surface area contributed by atoms with Crippen LogP contribution >= 0.6 is 0 Å². The van der Waals surface area contributed by atoms with E-state index >= 15 is 0 Å². The highest BCUT2D eigenvalue weighted by molar-refractivity contribution is 5.94. The first kappa shape index (κ1) is 33.5. The number of H-pyrrole nitrogens is 1. The third kappa shape index (κ3) is 8.85. The summed E-state index contributed by atoms with van der Waals surface area (Å²) < 4.78 is 0. The molecule has 4 rings (SSSR count). The molecule has 0 bridgehead atoms. The van der Waals surface area contributed by atoms with Crippen LogP contribution in [0.25, 0.3) is 10.9 Å². The second-order valence-corrected chi connectivity index (χ2v) is 11.6. The maximum absolute atomic E-state index is 13.8. The van der Waals surface area contributed by atoms with Crippen LogP contribution in [0.1, 0.15) is 30.5 Å². The molecule has 0 aliphatic rings. The Balaban J connectivity index is 1.59. The average molecular weight is 630 g/mol. The Hall–Kier alpha value is -5.36. The zero-order valence-corrected chi connectivity index (χ0v) is 25.6. The summed E-state index contributed by atoms with van der Waals surface area (Å²) in [5.74, 6) is -3.43. The fourth-order valence-corrected chi connectivity index (χ4v) is 4.99. The van der Waals surface area contributed by atoms with Gasteiger partial charge in [0.05, 0.1) is 6.04 Å². The molecule has 0 fully saturated rings. The first-order chi connectivity index (χ1) is 21.9. The van der Waals surface area contributed by atoms with Gasteiger partial charge in [0.15, 0.2) is 0 Å². The first-order valence-corrected chi connectivity index (χ1v) is 14.9. The highest BCUT2D eigenvalue weighted by atomic mass is 16.4. The van der Waals surface area contributed by atoms with Crippen molar-refractivity contribution in [3.05, 3.63) is 95.7 Å². The van der Waals surface area contributed by atoms with Gasteiger partial charge in [0.25, 0.3) is 0 Å². The smallest absolute Gasteiger partial charge is 0.326 e. The van der Waals surface area contributed by atoms with Crippen LogP contribution in [-0.2, 0) is 38.4 Å². The number of carbonyl (C=O) groups is 4. The fourth-order valence-electron chi connectivity index (χ4n) is 4.99. The van der Waals surface area contributed by atoms with Crippen LogP contribution in [0.3, 0.4) is 0 Å². The molecule has 4 aromatic rings. The highest BCUT2D eigenvalue weighted by Crippen LogP contribution is 2.20. The van der Waals surface area contributed by atoms with Gasteiger partial charge >= 0.3 is 5.97 Å². The van der Waals surface area contributed by atoms with E-state index in [4.69, 9.17) is 5.73 Å². The second kappa shape index (κ2) is 15.1. The highest BCUT2D eigenvalue weighted by Gasteiger charge is 2.31. The first-order valence-electron chi connectivity index (χ1n) is 14.9.